The molecule has 0 bridgehead atoms. The Bertz CT molecular complexity index is 776. The summed E-state index contributed by atoms with van der Waals surface area (Å²) in [6.07, 6.45) is 1.59. The highest BCUT2D eigenvalue weighted by Gasteiger charge is 2.26. The van der Waals surface area contributed by atoms with Crippen molar-refractivity contribution in [2.24, 2.45) is 5.92 Å². The quantitative estimate of drug-likeness (QED) is 0.656. The van der Waals surface area contributed by atoms with Gasteiger partial charge in [0.2, 0.25) is 5.91 Å². The summed E-state index contributed by atoms with van der Waals surface area (Å²) in [5, 5.41) is 3.56. The molecule has 1 atom stereocenters. The molecule has 3 rings (SSSR count). The zero-order valence-electron chi connectivity index (χ0n) is 13.4. The number of carbonyl (C=O) groups is 1. The van der Waals surface area contributed by atoms with Crippen molar-refractivity contribution in [2.75, 3.05) is 18.9 Å². The Hall–Kier alpha value is -2.28. The molecule has 126 valence electrons. The van der Waals surface area contributed by atoms with Gasteiger partial charge < -0.3 is 10.1 Å². The highest BCUT2D eigenvalue weighted by Crippen LogP contribution is 2.24. The SMILES string of the molecule is Cc1cnc2n(c1=O)C[C@H](C(=O)NCCOc1ccccc1)CS2. The first kappa shape index (κ1) is 16.6. The van der Waals surface area contributed by atoms with Gasteiger partial charge in [-0.15, -0.1) is 0 Å². The van der Waals surface area contributed by atoms with Gasteiger partial charge in [-0.3, -0.25) is 14.2 Å². The second-order valence-corrected chi connectivity index (χ2v) is 6.59. The number of hydrogen-bond acceptors (Lipinski definition) is 5. The van der Waals surface area contributed by atoms with Crippen LogP contribution in [0.4, 0.5) is 0 Å². The lowest BCUT2D eigenvalue weighted by Crippen LogP contribution is -2.41. The lowest BCUT2D eigenvalue weighted by molar-refractivity contribution is -0.124. The lowest BCUT2D eigenvalue weighted by atomic mass is 10.1. The van der Waals surface area contributed by atoms with E-state index in [0.29, 0.717) is 36.2 Å². The molecule has 0 unspecified atom stereocenters. The van der Waals surface area contributed by atoms with E-state index in [2.05, 4.69) is 10.3 Å². The summed E-state index contributed by atoms with van der Waals surface area (Å²) in [6.45, 7) is 2.95. The summed E-state index contributed by atoms with van der Waals surface area (Å²) in [6, 6.07) is 9.47. The number of amides is 1. The molecule has 0 spiro atoms. The minimum Gasteiger partial charge on any atom is -0.492 e. The van der Waals surface area contributed by atoms with E-state index in [1.54, 1.807) is 17.7 Å². The van der Waals surface area contributed by atoms with Crippen LogP contribution in [-0.2, 0) is 11.3 Å². The van der Waals surface area contributed by atoms with Crippen LogP contribution < -0.4 is 15.6 Å². The molecule has 6 nitrogen and oxygen atoms in total. The molecule has 7 heteroatoms. The highest BCUT2D eigenvalue weighted by atomic mass is 32.2. The van der Waals surface area contributed by atoms with E-state index in [-0.39, 0.29) is 17.4 Å². The van der Waals surface area contributed by atoms with E-state index < -0.39 is 0 Å². The molecule has 0 radical (unpaired) electrons. The Morgan fingerprint density at radius 2 is 2.21 bits per heavy atom. The fraction of sp³-hybridized carbons (Fsp3) is 0.353. The summed E-state index contributed by atoms with van der Waals surface area (Å²) >= 11 is 1.44. The molecule has 0 fully saturated rings. The first-order chi connectivity index (χ1) is 11.6. The van der Waals surface area contributed by atoms with Crippen LogP contribution in [0.1, 0.15) is 5.56 Å². The van der Waals surface area contributed by atoms with Gasteiger partial charge in [0.05, 0.1) is 12.5 Å². The van der Waals surface area contributed by atoms with Crippen LogP contribution in [-0.4, -0.2) is 34.4 Å². The number of para-hydroxylation sites is 1. The maximum absolute atomic E-state index is 12.3. The van der Waals surface area contributed by atoms with Gasteiger partial charge in [-0.1, -0.05) is 30.0 Å². The largest absolute Gasteiger partial charge is 0.492 e. The van der Waals surface area contributed by atoms with Crippen molar-refractivity contribution in [2.45, 2.75) is 18.6 Å². The van der Waals surface area contributed by atoms with Crippen LogP contribution in [0.25, 0.3) is 0 Å². The number of nitrogens with zero attached hydrogens (tertiary/aromatic N) is 2. The minimum atomic E-state index is -0.236. The molecule has 2 heterocycles. The van der Waals surface area contributed by atoms with Crippen LogP contribution in [0.5, 0.6) is 5.75 Å². The molecule has 2 aromatic rings. The summed E-state index contributed by atoms with van der Waals surface area (Å²) in [5.41, 5.74) is 0.522. The van der Waals surface area contributed by atoms with Crippen LogP contribution in [0.2, 0.25) is 0 Å². The third kappa shape index (κ3) is 3.79. The zero-order valence-corrected chi connectivity index (χ0v) is 14.2. The Morgan fingerprint density at radius 1 is 1.42 bits per heavy atom. The van der Waals surface area contributed by atoms with Crippen molar-refractivity contribution in [3.63, 3.8) is 0 Å². The number of hydrogen-bond donors (Lipinski definition) is 1. The van der Waals surface area contributed by atoms with Crippen LogP contribution in [0.15, 0.2) is 46.5 Å². The number of carbonyl (C=O) groups excluding carboxylic acids is 1. The fourth-order valence-corrected chi connectivity index (χ4v) is 3.51. The monoisotopic (exact) mass is 345 g/mol. The van der Waals surface area contributed by atoms with Crippen molar-refractivity contribution >= 4 is 17.7 Å². The summed E-state index contributed by atoms with van der Waals surface area (Å²) < 4.78 is 7.14. The number of aryl methyl sites for hydroxylation is 1. The van der Waals surface area contributed by atoms with E-state index in [1.807, 2.05) is 30.3 Å². The van der Waals surface area contributed by atoms with Gasteiger partial charge >= 0.3 is 0 Å². The molecule has 0 saturated carbocycles. The zero-order chi connectivity index (χ0) is 16.9. The fourth-order valence-electron chi connectivity index (χ4n) is 2.46. The predicted molar refractivity (Wildman–Crippen MR) is 92.4 cm³/mol. The van der Waals surface area contributed by atoms with Crippen LogP contribution in [0, 0.1) is 12.8 Å². The number of nitrogens with one attached hydrogen (secondary N) is 1. The van der Waals surface area contributed by atoms with Gasteiger partial charge in [-0.25, -0.2) is 4.98 Å². The van der Waals surface area contributed by atoms with Crippen molar-refractivity contribution in [1.29, 1.82) is 0 Å². The molecule has 1 aliphatic heterocycles. The molecule has 1 aromatic heterocycles. The smallest absolute Gasteiger partial charge is 0.257 e. The van der Waals surface area contributed by atoms with E-state index in [4.69, 9.17) is 4.74 Å². The summed E-state index contributed by atoms with van der Waals surface area (Å²) in [7, 11) is 0. The van der Waals surface area contributed by atoms with E-state index in [0.717, 1.165) is 5.75 Å². The maximum Gasteiger partial charge on any atom is 0.257 e. The van der Waals surface area contributed by atoms with Gasteiger partial charge in [0, 0.05) is 24.1 Å². The topological polar surface area (TPSA) is 73.2 Å². The first-order valence-corrected chi connectivity index (χ1v) is 8.78. The van der Waals surface area contributed by atoms with Crippen LogP contribution >= 0.6 is 11.8 Å². The van der Waals surface area contributed by atoms with E-state index >= 15 is 0 Å². The maximum atomic E-state index is 12.3. The Balaban J connectivity index is 1.51. The van der Waals surface area contributed by atoms with Crippen molar-refractivity contribution < 1.29 is 9.53 Å². The molecular weight excluding hydrogens is 326 g/mol. The molecule has 1 amide bonds. The molecule has 0 aliphatic carbocycles. The van der Waals surface area contributed by atoms with Crippen molar-refractivity contribution in [3.05, 3.63) is 52.4 Å². The average Bonchev–Trinajstić information content (AvgIpc) is 2.62. The minimum absolute atomic E-state index is 0.0572. The second-order valence-electron chi connectivity index (χ2n) is 5.60. The number of thioether (sulfide) groups is 1. The third-order valence-electron chi connectivity index (χ3n) is 3.78. The first-order valence-electron chi connectivity index (χ1n) is 7.80. The molecule has 1 N–H and O–H groups in total. The molecule has 1 aromatic carbocycles. The number of aromatic nitrogens is 2. The van der Waals surface area contributed by atoms with Gasteiger partial charge in [0.15, 0.2) is 5.16 Å². The number of ether oxygens (including phenoxy) is 1. The highest BCUT2D eigenvalue weighted by molar-refractivity contribution is 7.99. The Kier molecular flexibility index (Phi) is 5.20. The van der Waals surface area contributed by atoms with Gasteiger partial charge in [0.25, 0.3) is 5.56 Å². The summed E-state index contributed by atoms with van der Waals surface area (Å²) in [4.78, 5) is 28.7. The number of rotatable bonds is 5. The lowest BCUT2D eigenvalue weighted by Gasteiger charge is -2.24. The van der Waals surface area contributed by atoms with Gasteiger partial charge in [-0.05, 0) is 19.1 Å². The second kappa shape index (κ2) is 7.53. The normalized spacial score (nSPS) is 16.3. The van der Waals surface area contributed by atoms with Crippen molar-refractivity contribution in [1.82, 2.24) is 14.9 Å². The molecule has 1 aliphatic rings. The standard InChI is InChI=1S/C17H19N3O3S/c1-12-9-19-17-20(16(12)22)10-13(11-24-17)15(21)18-7-8-23-14-5-3-2-4-6-14/h2-6,9,13H,7-8,10-11H2,1H3,(H,18,21)/t13-/m0/s1. The predicted octanol–water partition coefficient (Wildman–Crippen LogP) is 1.47. The molecule has 24 heavy (non-hydrogen) atoms. The van der Waals surface area contributed by atoms with E-state index in [9.17, 15) is 9.59 Å². The van der Waals surface area contributed by atoms with Crippen LogP contribution in [0.3, 0.4) is 0 Å². The third-order valence-corrected chi connectivity index (χ3v) is 4.94. The summed E-state index contributed by atoms with van der Waals surface area (Å²) in [5.74, 6) is 1.11. The van der Waals surface area contributed by atoms with Gasteiger partial charge in [-0.2, -0.15) is 0 Å². The average molecular weight is 345 g/mol. The Labute approximate surface area is 144 Å². The van der Waals surface area contributed by atoms with Crippen molar-refractivity contribution in [3.8, 4) is 5.75 Å². The molecular formula is C17H19N3O3S. The Morgan fingerprint density at radius 3 is 3.00 bits per heavy atom. The number of fused-ring (bicyclic) bond motifs is 1. The number of benzene rings is 1. The van der Waals surface area contributed by atoms with Gasteiger partial charge in [0.1, 0.15) is 12.4 Å². The molecule has 0 saturated heterocycles. The van der Waals surface area contributed by atoms with E-state index in [1.165, 1.54) is 11.8 Å².